The summed E-state index contributed by atoms with van der Waals surface area (Å²) in [6, 6.07) is 8.20. The smallest absolute Gasteiger partial charge is 0.242 e. The van der Waals surface area contributed by atoms with E-state index in [0.29, 0.717) is 6.54 Å². The highest BCUT2D eigenvalue weighted by Crippen LogP contribution is 2.29. The number of likely N-dealkylation sites (N-methyl/N-ethyl adjacent to an activating group) is 1. The van der Waals surface area contributed by atoms with Crippen LogP contribution in [0.2, 0.25) is 0 Å². The monoisotopic (exact) mass is 376 g/mol. The molecule has 0 atom stereocenters. The molecule has 1 heterocycles. The Bertz CT molecular complexity index is 793. The molecule has 1 aliphatic carbocycles. The van der Waals surface area contributed by atoms with E-state index in [1.807, 2.05) is 30.8 Å². The van der Waals surface area contributed by atoms with Crippen LogP contribution in [0.3, 0.4) is 0 Å². The first kappa shape index (κ1) is 20.5. The van der Waals surface area contributed by atoms with Crippen molar-refractivity contribution in [3.8, 4) is 5.69 Å². The van der Waals surface area contributed by atoms with E-state index in [2.05, 4.69) is 26.0 Å². The van der Waals surface area contributed by atoms with Crippen molar-refractivity contribution in [3.63, 3.8) is 0 Å². The Kier molecular flexibility index (Phi) is 6.14. The lowest BCUT2D eigenvalue weighted by atomic mass is 9.97. The van der Waals surface area contributed by atoms with E-state index < -0.39 is 5.54 Å². The number of nitrogens with zero attached hydrogens (tertiary/aromatic N) is 3. The predicted octanol–water partition coefficient (Wildman–Crippen LogP) is 3.45. The van der Waals surface area contributed by atoms with Gasteiger partial charge in [-0.15, -0.1) is 12.4 Å². The lowest BCUT2D eigenvalue weighted by molar-refractivity contribution is -0.136. The van der Waals surface area contributed by atoms with Gasteiger partial charge in [-0.1, -0.05) is 31.0 Å². The van der Waals surface area contributed by atoms with Gasteiger partial charge in [0.1, 0.15) is 0 Å². The normalized spacial score (nSPS) is 15.6. The molecule has 142 valence electrons. The van der Waals surface area contributed by atoms with Crippen molar-refractivity contribution >= 4 is 18.3 Å². The molecule has 2 aromatic rings. The summed E-state index contributed by atoms with van der Waals surface area (Å²) in [6.07, 6.45) is 3.66. The van der Waals surface area contributed by atoms with Crippen LogP contribution in [0.25, 0.3) is 5.69 Å². The molecular formula is C20H29ClN4O. The van der Waals surface area contributed by atoms with Gasteiger partial charge in [0, 0.05) is 24.8 Å². The first-order valence-corrected chi connectivity index (χ1v) is 8.99. The quantitative estimate of drug-likeness (QED) is 0.888. The average Bonchev–Trinajstić information content (AvgIpc) is 3.14. The van der Waals surface area contributed by atoms with E-state index in [0.717, 1.165) is 48.3 Å². The van der Waals surface area contributed by atoms with Gasteiger partial charge in [-0.05, 0) is 45.2 Å². The lowest BCUT2D eigenvalue weighted by Crippen LogP contribution is -2.52. The molecule has 1 aliphatic rings. The molecule has 0 bridgehead atoms. The Morgan fingerprint density at radius 1 is 1.23 bits per heavy atom. The zero-order valence-corrected chi connectivity index (χ0v) is 16.9. The largest absolute Gasteiger partial charge is 0.340 e. The maximum atomic E-state index is 12.8. The van der Waals surface area contributed by atoms with Gasteiger partial charge >= 0.3 is 0 Å². The van der Waals surface area contributed by atoms with Gasteiger partial charge in [0.05, 0.1) is 16.9 Å². The summed E-state index contributed by atoms with van der Waals surface area (Å²) in [7, 11) is 1.85. The Labute approximate surface area is 162 Å². The molecule has 3 rings (SSSR count). The molecule has 26 heavy (non-hydrogen) atoms. The van der Waals surface area contributed by atoms with Crippen LogP contribution in [-0.2, 0) is 11.3 Å². The maximum absolute atomic E-state index is 12.8. The van der Waals surface area contributed by atoms with Crippen LogP contribution in [0.1, 0.15) is 48.2 Å². The summed E-state index contributed by atoms with van der Waals surface area (Å²) in [4.78, 5) is 14.6. The first-order valence-electron chi connectivity index (χ1n) is 8.99. The summed E-state index contributed by atoms with van der Waals surface area (Å²) < 4.78 is 1.98. The van der Waals surface area contributed by atoms with E-state index >= 15 is 0 Å². The molecule has 2 N–H and O–H groups in total. The highest BCUT2D eigenvalue weighted by atomic mass is 35.5. The minimum Gasteiger partial charge on any atom is -0.340 e. The Hall–Kier alpha value is -1.85. The van der Waals surface area contributed by atoms with Crippen LogP contribution in [-0.4, -0.2) is 33.2 Å². The minimum atomic E-state index is -0.678. The second-order valence-electron chi connectivity index (χ2n) is 7.37. The average molecular weight is 377 g/mol. The van der Waals surface area contributed by atoms with Crippen molar-refractivity contribution in [3.05, 3.63) is 46.8 Å². The van der Waals surface area contributed by atoms with Crippen molar-refractivity contribution in [2.75, 3.05) is 7.05 Å². The van der Waals surface area contributed by atoms with E-state index in [-0.39, 0.29) is 18.3 Å². The predicted molar refractivity (Wildman–Crippen MR) is 107 cm³/mol. The topological polar surface area (TPSA) is 64.2 Å². The van der Waals surface area contributed by atoms with Crippen LogP contribution < -0.4 is 5.73 Å². The standard InChI is InChI=1S/C20H28N4O.ClH/c1-14-9-5-6-10-18(14)24-16(3)17(15(2)22-24)13-23(4)19(25)20(21)11-7-8-12-20;/h5-6,9-10H,7-8,11-13,21H2,1-4H3;1H. The van der Waals surface area contributed by atoms with Gasteiger partial charge in [0.15, 0.2) is 0 Å². The number of halogens is 1. The fourth-order valence-corrected chi connectivity index (χ4v) is 3.85. The van der Waals surface area contributed by atoms with E-state index in [1.54, 1.807) is 4.90 Å². The van der Waals surface area contributed by atoms with Gasteiger partial charge in [-0.3, -0.25) is 4.79 Å². The maximum Gasteiger partial charge on any atom is 0.242 e. The molecule has 1 aromatic carbocycles. The fraction of sp³-hybridized carbons (Fsp3) is 0.500. The number of hydrogen-bond acceptors (Lipinski definition) is 3. The number of aryl methyl sites for hydroxylation is 2. The highest BCUT2D eigenvalue weighted by Gasteiger charge is 2.39. The molecule has 0 saturated heterocycles. The Morgan fingerprint density at radius 3 is 2.46 bits per heavy atom. The number of benzene rings is 1. The number of carbonyl (C=O) groups excluding carboxylic acids is 1. The SMILES string of the molecule is Cc1ccccc1-n1nc(C)c(CN(C)C(=O)C2(N)CCCC2)c1C.Cl. The van der Waals surface area contributed by atoms with Gasteiger partial charge < -0.3 is 10.6 Å². The van der Waals surface area contributed by atoms with Gasteiger partial charge in [0.25, 0.3) is 0 Å². The molecule has 0 spiro atoms. The van der Waals surface area contributed by atoms with E-state index in [9.17, 15) is 4.79 Å². The lowest BCUT2D eigenvalue weighted by Gasteiger charge is -2.28. The summed E-state index contributed by atoms with van der Waals surface area (Å²) in [5, 5.41) is 4.72. The second kappa shape index (κ2) is 7.80. The zero-order chi connectivity index (χ0) is 18.2. The molecule has 0 radical (unpaired) electrons. The summed E-state index contributed by atoms with van der Waals surface area (Å²) >= 11 is 0. The van der Waals surface area contributed by atoms with Gasteiger partial charge in [-0.2, -0.15) is 5.10 Å². The molecule has 1 amide bonds. The van der Waals surface area contributed by atoms with Crippen molar-refractivity contribution in [1.82, 2.24) is 14.7 Å². The van der Waals surface area contributed by atoms with Crippen molar-refractivity contribution in [1.29, 1.82) is 0 Å². The number of hydrogen-bond donors (Lipinski definition) is 1. The Balaban J connectivity index is 0.00000243. The number of carbonyl (C=O) groups is 1. The number of amides is 1. The van der Waals surface area contributed by atoms with Crippen LogP contribution in [0.5, 0.6) is 0 Å². The Morgan fingerprint density at radius 2 is 1.85 bits per heavy atom. The molecule has 1 fully saturated rings. The molecule has 1 saturated carbocycles. The third-order valence-corrected chi connectivity index (χ3v) is 5.45. The number of para-hydroxylation sites is 1. The van der Waals surface area contributed by atoms with Crippen molar-refractivity contribution in [2.45, 2.75) is 58.5 Å². The fourth-order valence-electron chi connectivity index (χ4n) is 3.85. The van der Waals surface area contributed by atoms with Crippen molar-refractivity contribution < 1.29 is 4.79 Å². The highest BCUT2D eigenvalue weighted by molar-refractivity contribution is 5.86. The molecule has 1 aromatic heterocycles. The van der Waals surface area contributed by atoms with E-state index in [4.69, 9.17) is 10.8 Å². The van der Waals surface area contributed by atoms with Crippen molar-refractivity contribution in [2.24, 2.45) is 5.73 Å². The number of aromatic nitrogens is 2. The van der Waals surface area contributed by atoms with Crippen LogP contribution in [0, 0.1) is 20.8 Å². The van der Waals surface area contributed by atoms with Crippen LogP contribution in [0.15, 0.2) is 24.3 Å². The molecular weight excluding hydrogens is 348 g/mol. The number of rotatable bonds is 4. The molecule has 5 nitrogen and oxygen atoms in total. The second-order valence-corrected chi connectivity index (χ2v) is 7.37. The van der Waals surface area contributed by atoms with Crippen LogP contribution in [0.4, 0.5) is 0 Å². The third kappa shape index (κ3) is 3.64. The zero-order valence-electron chi connectivity index (χ0n) is 16.1. The van der Waals surface area contributed by atoms with E-state index in [1.165, 1.54) is 5.56 Å². The van der Waals surface area contributed by atoms with Gasteiger partial charge in [0.2, 0.25) is 5.91 Å². The summed E-state index contributed by atoms with van der Waals surface area (Å²) in [5.74, 6) is 0.0486. The number of nitrogens with two attached hydrogens (primary N) is 1. The van der Waals surface area contributed by atoms with Gasteiger partial charge in [-0.25, -0.2) is 4.68 Å². The summed E-state index contributed by atoms with van der Waals surface area (Å²) in [6.45, 7) is 6.69. The molecule has 0 unspecified atom stereocenters. The summed E-state index contributed by atoms with van der Waals surface area (Å²) in [5.41, 5.74) is 11.0. The molecule has 0 aliphatic heterocycles. The molecule has 6 heteroatoms. The third-order valence-electron chi connectivity index (χ3n) is 5.45. The first-order chi connectivity index (χ1) is 11.8. The minimum absolute atomic E-state index is 0. The van der Waals surface area contributed by atoms with Crippen LogP contribution >= 0.6 is 12.4 Å².